The second-order valence-corrected chi connectivity index (χ2v) is 14.9. The number of ether oxygens (including phenoxy) is 3. The molecule has 6 nitrogen and oxygen atoms in total. The van der Waals surface area contributed by atoms with Crippen molar-refractivity contribution in [1.29, 1.82) is 0 Å². The van der Waals surface area contributed by atoms with Crippen LogP contribution in [0.2, 0.25) is 0 Å². The molecule has 0 atom stereocenters. The molecule has 282 valence electrons. The number of carbonyl (C=O) groups excluding carboxylic acids is 3. The fourth-order valence-electron chi connectivity index (χ4n) is 7.33. The predicted molar refractivity (Wildman–Crippen MR) is 199 cm³/mol. The summed E-state index contributed by atoms with van der Waals surface area (Å²) in [7, 11) is 0. The van der Waals surface area contributed by atoms with Crippen LogP contribution in [-0.2, 0) is 28.6 Å². The predicted octanol–water partition coefficient (Wildman–Crippen LogP) is 12.2. The zero-order chi connectivity index (χ0) is 34.9. The highest BCUT2D eigenvalue weighted by atomic mass is 16.5. The Bertz CT molecular complexity index is 661. The minimum absolute atomic E-state index is 0.0810. The number of hydrogen-bond acceptors (Lipinski definition) is 6. The van der Waals surface area contributed by atoms with Gasteiger partial charge in [-0.05, 0) is 75.5 Å². The van der Waals surface area contributed by atoms with Crippen LogP contribution in [-0.4, -0.2) is 37.7 Å². The first kappa shape index (κ1) is 44.4. The summed E-state index contributed by atoms with van der Waals surface area (Å²) in [5.74, 6) is 1.03. The van der Waals surface area contributed by atoms with Crippen molar-refractivity contribution in [2.45, 2.75) is 213 Å². The highest BCUT2D eigenvalue weighted by molar-refractivity contribution is 5.70. The third-order valence-corrected chi connectivity index (χ3v) is 10.3. The molecule has 1 aliphatic rings. The zero-order valence-electron chi connectivity index (χ0n) is 32.0. The first-order valence-corrected chi connectivity index (χ1v) is 20.9. The van der Waals surface area contributed by atoms with Crippen molar-refractivity contribution in [3.05, 3.63) is 0 Å². The van der Waals surface area contributed by atoms with Crippen LogP contribution in [0, 0.1) is 17.8 Å². The van der Waals surface area contributed by atoms with E-state index in [9.17, 15) is 14.4 Å². The van der Waals surface area contributed by atoms with Gasteiger partial charge in [0.2, 0.25) is 0 Å². The van der Waals surface area contributed by atoms with Gasteiger partial charge in [-0.2, -0.15) is 0 Å². The Morgan fingerprint density at radius 1 is 0.375 bits per heavy atom. The molecule has 0 radical (unpaired) electrons. The Hall–Kier alpha value is -1.59. The summed E-state index contributed by atoms with van der Waals surface area (Å²) >= 11 is 0. The Balaban J connectivity index is 2.42. The van der Waals surface area contributed by atoms with Gasteiger partial charge in [0.1, 0.15) is 0 Å². The van der Waals surface area contributed by atoms with Crippen LogP contribution in [0.1, 0.15) is 213 Å². The summed E-state index contributed by atoms with van der Waals surface area (Å²) in [5.41, 5.74) is 0. The van der Waals surface area contributed by atoms with Crippen molar-refractivity contribution in [2.24, 2.45) is 17.8 Å². The van der Waals surface area contributed by atoms with Crippen LogP contribution in [0.25, 0.3) is 0 Å². The van der Waals surface area contributed by atoms with E-state index in [0.29, 0.717) is 56.8 Å². The van der Waals surface area contributed by atoms with Crippen molar-refractivity contribution in [1.82, 2.24) is 0 Å². The second kappa shape index (κ2) is 32.6. The van der Waals surface area contributed by atoms with Gasteiger partial charge in [0, 0.05) is 19.3 Å². The molecule has 0 aliphatic heterocycles. The van der Waals surface area contributed by atoms with E-state index < -0.39 is 0 Å². The lowest BCUT2D eigenvalue weighted by atomic mass is 9.71. The molecular formula is C42H78O6. The second-order valence-electron chi connectivity index (χ2n) is 14.9. The molecule has 1 saturated carbocycles. The number of carbonyl (C=O) groups is 3. The minimum atomic E-state index is -0.0810. The molecule has 48 heavy (non-hydrogen) atoms. The molecule has 1 rings (SSSR count). The van der Waals surface area contributed by atoms with E-state index in [1.54, 1.807) is 0 Å². The van der Waals surface area contributed by atoms with Gasteiger partial charge in [-0.15, -0.1) is 0 Å². The fourth-order valence-corrected chi connectivity index (χ4v) is 7.33. The van der Waals surface area contributed by atoms with Gasteiger partial charge >= 0.3 is 17.9 Å². The van der Waals surface area contributed by atoms with Crippen molar-refractivity contribution in [3.63, 3.8) is 0 Å². The van der Waals surface area contributed by atoms with Crippen LogP contribution in [0.3, 0.4) is 0 Å². The van der Waals surface area contributed by atoms with Crippen LogP contribution < -0.4 is 0 Å². The molecule has 1 fully saturated rings. The summed E-state index contributed by atoms with van der Waals surface area (Å²) in [6, 6.07) is 0. The summed E-state index contributed by atoms with van der Waals surface area (Å²) in [4.78, 5) is 37.6. The first-order chi connectivity index (χ1) is 23.5. The maximum atomic E-state index is 12.5. The summed E-state index contributed by atoms with van der Waals surface area (Å²) in [6.07, 6.45) is 32.4. The van der Waals surface area contributed by atoms with Crippen LogP contribution in [0.4, 0.5) is 0 Å². The monoisotopic (exact) mass is 679 g/mol. The average Bonchev–Trinajstić information content (AvgIpc) is 3.09. The topological polar surface area (TPSA) is 78.9 Å². The molecule has 0 aromatic rings. The van der Waals surface area contributed by atoms with Gasteiger partial charge in [0.25, 0.3) is 0 Å². The van der Waals surface area contributed by atoms with Crippen LogP contribution >= 0.6 is 0 Å². The third-order valence-electron chi connectivity index (χ3n) is 10.3. The van der Waals surface area contributed by atoms with Gasteiger partial charge in [-0.3, -0.25) is 14.4 Å². The smallest absolute Gasteiger partial charge is 0.305 e. The van der Waals surface area contributed by atoms with E-state index in [1.165, 1.54) is 96.3 Å². The molecule has 0 aromatic carbocycles. The lowest BCUT2D eigenvalue weighted by Crippen LogP contribution is -2.25. The molecule has 0 unspecified atom stereocenters. The summed E-state index contributed by atoms with van der Waals surface area (Å²) in [6.45, 7) is 8.30. The normalized spacial score (nSPS) is 17.7. The molecule has 0 aromatic heterocycles. The average molecular weight is 679 g/mol. The van der Waals surface area contributed by atoms with Gasteiger partial charge in [0.05, 0.1) is 19.8 Å². The van der Waals surface area contributed by atoms with Crippen molar-refractivity contribution in [2.75, 3.05) is 19.8 Å². The van der Waals surface area contributed by atoms with E-state index in [2.05, 4.69) is 20.8 Å². The molecule has 1 aliphatic carbocycles. The molecule has 0 N–H and O–H groups in total. The number of rotatable bonds is 33. The van der Waals surface area contributed by atoms with Crippen molar-refractivity contribution in [3.8, 4) is 0 Å². The van der Waals surface area contributed by atoms with E-state index in [-0.39, 0.29) is 17.9 Å². The summed E-state index contributed by atoms with van der Waals surface area (Å²) < 4.78 is 16.7. The highest BCUT2D eigenvalue weighted by Crippen LogP contribution is 2.40. The molecular weight excluding hydrogens is 600 g/mol. The fraction of sp³-hybridized carbons (Fsp3) is 0.929. The third kappa shape index (κ3) is 27.3. The highest BCUT2D eigenvalue weighted by Gasteiger charge is 2.30. The van der Waals surface area contributed by atoms with Gasteiger partial charge in [0.15, 0.2) is 0 Å². The maximum Gasteiger partial charge on any atom is 0.305 e. The Labute approximate surface area is 297 Å². The van der Waals surface area contributed by atoms with E-state index in [1.807, 2.05) is 0 Å². The van der Waals surface area contributed by atoms with Crippen molar-refractivity contribution >= 4 is 17.9 Å². The number of esters is 3. The Morgan fingerprint density at radius 2 is 0.604 bits per heavy atom. The van der Waals surface area contributed by atoms with Crippen molar-refractivity contribution < 1.29 is 28.6 Å². The Morgan fingerprint density at radius 3 is 0.854 bits per heavy atom. The van der Waals surface area contributed by atoms with Gasteiger partial charge in [-0.25, -0.2) is 0 Å². The molecule has 0 bridgehead atoms. The van der Waals surface area contributed by atoms with E-state index in [4.69, 9.17) is 14.2 Å². The zero-order valence-corrected chi connectivity index (χ0v) is 32.0. The molecule has 0 saturated heterocycles. The summed E-state index contributed by atoms with van der Waals surface area (Å²) in [5, 5.41) is 0. The lowest BCUT2D eigenvalue weighted by molar-refractivity contribution is -0.144. The number of unbranched alkanes of at least 4 members (excludes halogenated alkanes) is 18. The maximum absolute atomic E-state index is 12.5. The molecule has 0 heterocycles. The first-order valence-electron chi connectivity index (χ1n) is 20.9. The quantitative estimate of drug-likeness (QED) is 0.0390. The molecule has 0 amide bonds. The van der Waals surface area contributed by atoms with Crippen LogP contribution in [0.5, 0.6) is 0 Å². The minimum Gasteiger partial charge on any atom is -0.466 e. The van der Waals surface area contributed by atoms with E-state index in [0.717, 1.165) is 77.0 Å². The lowest BCUT2D eigenvalue weighted by Gasteiger charge is -2.35. The molecule has 0 spiro atoms. The van der Waals surface area contributed by atoms with Gasteiger partial charge in [-0.1, -0.05) is 136 Å². The molecule has 6 heteroatoms. The standard InChI is InChI=1S/C42H78O6/c1-4-7-10-13-16-19-22-31-46-40(43)28-25-37-34-38(26-29-41(44)47-32-23-20-17-14-11-8-5-2)36-39(35-37)27-30-42(45)48-33-24-21-18-15-12-9-6-3/h37-39H,4-36H2,1-3H3. The Kier molecular flexibility index (Phi) is 30.2. The SMILES string of the molecule is CCCCCCCCCOC(=O)CCC1CC(CCC(=O)OCCCCCCCCC)CC(CCC(=O)OCCCCCCCCC)C1. The van der Waals surface area contributed by atoms with Gasteiger partial charge < -0.3 is 14.2 Å². The largest absolute Gasteiger partial charge is 0.466 e. The van der Waals surface area contributed by atoms with Crippen LogP contribution in [0.15, 0.2) is 0 Å². The number of hydrogen-bond donors (Lipinski definition) is 0. The van der Waals surface area contributed by atoms with E-state index >= 15 is 0 Å².